The second kappa shape index (κ2) is 6.53. The first-order valence-corrected chi connectivity index (χ1v) is 8.57. The number of aromatic nitrogens is 1. The highest BCUT2D eigenvalue weighted by molar-refractivity contribution is 7.10. The van der Waals surface area contributed by atoms with Gasteiger partial charge in [0, 0.05) is 16.5 Å². The van der Waals surface area contributed by atoms with Gasteiger partial charge in [0.15, 0.2) is 0 Å². The van der Waals surface area contributed by atoms with Crippen LogP contribution in [0.2, 0.25) is 0 Å². The smallest absolute Gasteiger partial charge is 0.306 e. The van der Waals surface area contributed by atoms with Crippen molar-refractivity contribution in [2.24, 2.45) is 4.99 Å². The van der Waals surface area contributed by atoms with Crippen LogP contribution in [0.15, 0.2) is 63.9 Å². The van der Waals surface area contributed by atoms with Gasteiger partial charge in [-0.15, -0.1) is 0 Å². The van der Waals surface area contributed by atoms with Crippen LogP contribution in [0.3, 0.4) is 0 Å². The van der Waals surface area contributed by atoms with Crippen LogP contribution in [-0.4, -0.2) is 10.9 Å². The maximum absolute atomic E-state index is 13.4. The summed E-state index contributed by atoms with van der Waals surface area (Å²) < 4.78 is 13.4. The zero-order valence-corrected chi connectivity index (χ0v) is 14.1. The number of H-pyrrole nitrogens is 1. The van der Waals surface area contributed by atoms with Crippen molar-refractivity contribution in [2.75, 3.05) is 5.32 Å². The lowest BCUT2D eigenvalue weighted by Crippen LogP contribution is -2.29. The van der Waals surface area contributed by atoms with Crippen LogP contribution >= 0.6 is 11.3 Å². The van der Waals surface area contributed by atoms with Crippen molar-refractivity contribution in [1.82, 2.24) is 4.98 Å². The molecule has 3 aromatic rings. The number of anilines is 2. The van der Waals surface area contributed by atoms with Crippen molar-refractivity contribution in [2.45, 2.75) is 0 Å². The summed E-state index contributed by atoms with van der Waals surface area (Å²) in [6.07, 6.45) is 3.34. The predicted octanol–water partition coefficient (Wildman–Crippen LogP) is 2.34. The third-order valence-corrected chi connectivity index (χ3v) is 4.60. The normalized spacial score (nSPS) is 14.5. The molecule has 4 rings (SSSR count). The largest absolute Gasteiger partial charge is 0.340 e. The molecule has 1 aliphatic heterocycles. The van der Waals surface area contributed by atoms with Crippen molar-refractivity contribution in [1.29, 1.82) is 0 Å². The Morgan fingerprint density at radius 3 is 2.81 bits per heavy atom. The monoisotopic (exact) mass is 365 g/mol. The molecule has 0 fully saturated rings. The standard InChI is InChI=1S/C19H12FN3O2S/c20-13-5-3-6-14(10-13)21-17-16(26-19(25)23-17)9-12-8-11-4-1-2-7-15(11)22-18(12)24/h1-10,21H,(H,23,25)/b12-9-. The topological polar surface area (TPSA) is 74.3 Å². The summed E-state index contributed by atoms with van der Waals surface area (Å²) in [6, 6.07) is 13.2. The molecule has 0 radical (unpaired) electrons. The van der Waals surface area contributed by atoms with Crippen molar-refractivity contribution in [3.8, 4) is 0 Å². The summed E-state index contributed by atoms with van der Waals surface area (Å²) in [5.41, 5.74) is 0.869. The zero-order valence-electron chi connectivity index (χ0n) is 13.3. The molecule has 2 heterocycles. The van der Waals surface area contributed by atoms with Gasteiger partial charge in [-0.3, -0.25) is 14.6 Å². The lowest BCUT2D eigenvalue weighted by atomic mass is 10.1. The number of carbonyl (C=O) groups is 1. The van der Waals surface area contributed by atoms with Crippen LogP contribution < -0.4 is 20.8 Å². The number of benzene rings is 2. The summed E-state index contributed by atoms with van der Waals surface area (Å²) in [5, 5.41) is 4.43. The molecule has 1 aliphatic rings. The molecule has 0 aliphatic carbocycles. The summed E-state index contributed by atoms with van der Waals surface area (Å²) in [7, 11) is 0. The van der Waals surface area contributed by atoms with E-state index in [9.17, 15) is 14.0 Å². The van der Waals surface area contributed by atoms with Crippen molar-refractivity contribution >= 4 is 40.9 Å². The molecule has 2 aromatic carbocycles. The Labute approximate surface area is 150 Å². The van der Waals surface area contributed by atoms with Gasteiger partial charge >= 0.3 is 4.87 Å². The third-order valence-electron chi connectivity index (χ3n) is 3.77. The predicted molar refractivity (Wildman–Crippen MR) is 99.3 cm³/mol. The zero-order chi connectivity index (χ0) is 18.1. The summed E-state index contributed by atoms with van der Waals surface area (Å²) in [4.78, 5) is 31.0. The number of hydrogen-bond donors (Lipinski definition) is 2. The molecule has 7 heteroatoms. The Bertz CT molecular complexity index is 1220. The van der Waals surface area contributed by atoms with Gasteiger partial charge in [-0.25, -0.2) is 9.38 Å². The number of thiazole rings is 1. The molecule has 0 unspecified atom stereocenters. The lowest BCUT2D eigenvalue weighted by Gasteiger charge is -2.06. The van der Waals surface area contributed by atoms with Gasteiger partial charge in [0.1, 0.15) is 11.6 Å². The molecule has 1 amide bonds. The van der Waals surface area contributed by atoms with Crippen LogP contribution in [-0.2, 0) is 4.79 Å². The van der Waals surface area contributed by atoms with Crippen LogP contribution in [0.5, 0.6) is 0 Å². The van der Waals surface area contributed by atoms with Crippen LogP contribution in [0.1, 0.15) is 4.88 Å². The van der Waals surface area contributed by atoms with Gasteiger partial charge in [0.25, 0.3) is 5.91 Å². The molecule has 2 N–H and O–H groups in total. The Morgan fingerprint density at radius 2 is 1.96 bits per heavy atom. The second-order valence-electron chi connectivity index (χ2n) is 5.61. The minimum atomic E-state index is -0.390. The van der Waals surface area contributed by atoms with E-state index >= 15 is 0 Å². The maximum Gasteiger partial charge on any atom is 0.306 e. The lowest BCUT2D eigenvalue weighted by molar-refractivity contribution is -0.114. The van der Waals surface area contributed by atoms with E-state index in [-0.39, 0.29) is 10.8 Å². The number of para-hydroxylation sites is 1. The first-order valence-electron chi connectivity index (χ1n) is 7.76. The SMILES string of the molecule is O=C1N=c2ccccc2=C/C1=C/c1sc(=O)[nH]c1Nc1cccc(F)c1. The molecular weight excluding hydrogens is 353 g/mol. The van der Waals surface area contributed by atoms with Crippen LogP contribution in [0.4, 0.5) is 15.9 Å². The first kappa shape index (κ1) is 16.2. The average molecular weight is 365 g/mol. The van der Waals surface area contributed by atoms with Crippen molar-refractivity contribution in [3.05, 3.63) is 85.0 Å². The maximum atomic E-state index is 13.4. The fraction of sp³-hybridized carbons (Fsp3) is 0. The number of amides is 1. The number of rotatable bonds is 3. The molecule has 0 saturated carbocycles. The molecule has 5 nitrogen and oxygen atoms in total. The molecule has 0 atom stereocenters. The fourth-order valence-corrected chi connectivity index (χ4v) is 3.35. The van der Waals surface area contributed by atoms with E-state index in [1.54, 1.807) is 30.4 Å². The molecule has 0 bridgehead atoms. The van der Waals surface area contributed by atoms with Crippen molar-refractivity contribution in [3.63, 3.8) is 0 Å². The highest BCUT2D eigenvalue weighted by Gasteiger charge is 2.13. The number of nitrogens with one attached hydrogen (secondary N) is 2. The van der Waals surface area contributed by atoms with E-state index in [0.29, 0.717) is 27.3 Å². The van der Waals surface area contributed by atoms with E-state index in [1.807, 2.05) is 18.2 Å². The van der Waals surface area contributed by atoms with Gasteiger partial charge in [-0.2, -0.15) is 0 Å². The van der Waals surface area contributed by atoms with E-state index < -0.39 is 5.82 Å². The summed E-state index contributed by atoms with van der Waals surface area (Å²) in [5.74, 6) is -0.363. The van der Waals surface area contributed by atoms with Crippen LogP contribution in [0, 0.1) is 5.82 Å². The number of aromatic amines is 1. The molecule has 128 valence electrons. The van der Waals surface area contributed by atoms with E-state index in [0.717, 1.165) is 16.6 Å². The van der Waals surface area contributed by atoms with Gasteiger partial charge in [-0.05, 0) is 36.4 Å². The van der Waals surface area contributed by atoms with Gasteiger partial charge in [-0.1, -0.05) is 35.6 Å². The Balaban J connectivity index is 1.75. The fourth-order valence-electron chi connectivity index (χ4n) is 2.60. The minimum Gasteiger partial charge on any atom is -0.340 e. The summed E-state index contributed by atoms with van der Waals surface area (Å²) in [6.45, 7) is 0. The van der Waals surface area contributed by atoms with Gasteiger partial charge in [0.2, 0.25) is 0 Å². The number of nitrogens with zero attached hydrogens (tertiary/aromatic N) is 1. The highest BCUT2D eigenvalue weighted by atomic mass is 32.1. The number of fused-ring (bicyclic) bond motifs is 1. The first-order chi connectivity index (χ1) is 12.6. The molecule has 0 spiro atoms. The van der Waals surface area contributed by atoms with E-state index in [4.69, 9.17) is 0 Å². The molecule has 1 aromatic heterocycles. The summed E-state index contributed by atoms with van der Waals surface area (Å²) >= 11 is 0.957. The van der Waals surface area contributed by atoms with E-state index in [2.05, 4.69) is 15.3 Å². The molecule has 26 heavy (non-hydrogen) atoms. The van der Waals surface area contributed by atoms with Gasteiger partial charge in [0.05, 0.1) is 10.2 Å². The molecular formula is C19H12FN3O2S. The highest BCUT2D eigenvalue weighted by Crippen LogP contribution is 2.24. The minimum absolute atomic E-state index is 0.281. The van der Waals surface area contributed by atoms with E-state index in [1.165, 1.54) is 12.1 Å². The second-order valence-corrected chi connectivity index (χ2v) is 6.62. The van der Waals surface area contributed by atoms with Crippen molar-refractivity contribution < 1.29 is 9.18 Å². The van der Waals surface area contributed by atoms with Crippen LogP contribution in [0.25, 0.3) is 12.2 Å². The third kappa shape index (κ3) is 3.25. The average Bonchev–Trinajstić information content (AvgIpc) is 2.94. The quantitative estimate of drug-likeness (QED) is 0.700. The van der Waals surface area contributed by atoms with Gasteiger partial charge < -0.3 is 5.32 Å². The number of halogens is 1. The Kier molecular flexibility index (Phi) is 4.06. The number of hydrogen-bond acceptors (Lipinski definition) is 4. The molecule has 0 saturated heterocycles. The Hall–Kier alpha value is -3.32. The Morgan fingerprint density at radius 1 is 1.12 bits per heavy atom. The number of carbonyl (C=O) groups excluding carboxylic acids is 1.